The number of fused-ring (bicyclic) bond motifs is 1. The Morgan fingerprint density at radius 2 is 2.00 bits per heavy atom. The third-order valence-corrected chi connectivity index (χ3v) is 4.33. The number of benzene rings is 2. The van der Waals surface area contributed by atoms with Crippen LogP contribution >= 0.6 is 0 Å². The summed E-state index contributed by atoms with van der Waals surface area (Å²) in [7, 11) is 0. The number of aromatic nitrogens is 1. The van der Waals surface area contributed by atoms with Crippen LogP contribution in [0.2, 0.25) is 0 Å². The van der Waals surface area contributed by atoms with E-state index in [0.717, 1.165) is 22.0 Å². The predicted octanol–water partition coefficient (Wildman–Crippen LogP) is 3.51. The first-order chi connectivity index (χ1) is 13.6. The van der Waals surface area contributed by atoms with E-state index in [9.17, 15) is 14.5 Å². The lowest BCUT2D eigenvalue weighted by Gasteiger charge is -2.11. The molecule has 3 rings (SSSR count). The number of nitro groups is 1. The number of guanidine groups is 1. The van der Waals surface area contributed by atoms with Gasteiger partial charge in [-0.05, 0) is 42.7 Å². The van der Waals surface area contributed by atoms with E-state index in [4.69, 9.17) is 0 Å². The maximum atomic E-state index is 13.5. The van der Waals surface area contributed by atoms with Crippen molar-refractivity contribution in [3.8, 4) is 0 Å². The molecule has 0 spiro atoms. The number of non-ortho nitro benzene ring substituents is 1. The zero-order valence-electron chi connectivity index (χ0n) is 15.5. The quantitative estimate of drug-likeness (QED) is 0.252. The highest BCUT2D eigenvalue weighted by Gasteiger charge is 2.06. The van der Waals surface area contributed by atoms with E-state index in [2.05, 4.69) is 20.6 Å². The molecule has 0 atom stereocenters. The molecule has 1 aromatic heterocycles. The van der Waals surface area contributed by atoms with Gasteiger partial charge in [-0.3, -0.25) is 10.1 Å². The van der Waals surface area contributed by atoms with Gasteiger partial charge in [-0.1, -0.05) is 12.1 Å². The molecule has 0 bridgehead atoms. The molecule has 28 heavy (non-hydrogen) atoms. The van der Waals surface area contributed by atoms with Crippen LogP contribution in [0.15, 0.2) is 53.7 Å². The van der Waals surface area contributed by atoms with Crippen molar-refractivity contribution in [2.75, 3.05) is 13.1 Å². The Hall–Kier alpha value is -3.42. The average molecular weight is 383 g/mol. The largest absolute Gasteiger partial charge is 0.361 e. The van der Waals surface area contributed by atoms with Crippen LogP contribution in [0.25, 0.3) is 10.9 Å². The van der Waals surface area contributed by atoms with Gasteiger partial charge in [0.15, 0.2) is 5.96 Å². The minimum Gasteiger partial charge on any atom is -0.361 e. The topological polar surface area (TPSA) is 95.3 Å². The first kappa shape index (κ1) is 19.3. The van der Waals surface area contributed by atoms with E-state index < -0.39 is 4.92 Å². The van der Waals surface area contributed by atoms with Crippen LogP contribution in [-0.4, -0.2) is 29.0 Å². The molecule has 0 fully saturated rings. The van der Waals surface area contributed by atoms with Crippen LogP contribution in [0, 0.1) is 15.9 Å². The van der Waals surface area contributed by atoms with Crippen LogP contribution in [-0.2, 0) is 13.0 Å². The van der Waals surface area contributed by atoms with E-state index in [0.29, 0.717) is 32.0 Å². The van der Waals surface area contributed by atoms with Crippen molar-refractivity contribution < 1.29 is 9.31 Å². The van der Waals surface area contributed by atoms with Crippen molar-refractivity contribution >= 4 is 22.5 Å². The zero-order chi connectivity index (χ0) is 19.9. The van der Waals surface area contributed by atoms with Gasteiger partial charge in [0.25, 0.3) is 5.69 Å². The molecule has 0 saturated heterocycles. The summed E-state index contributed by atoms with van der Waals surface area (Å²) in [5, 5.41) is 18.0. The van der Waals surface area contributed by atoms with Crippen LogP contribution in [0.4, 0.5) is 10.1 Å². The van der Waals surface area contributed by atoms with Crippen LogP contribution < -0.4 is 10.6 Å². The Morgan fingerprint density at radius 3 is 2.71 bits per heavy atom. The molecule has 2 aromatic carbocycles. The highest BCUT2D eigenvalue weighted by atomic mass is 19.1. The Morgan fingerprint density at radius 1 is 1.21 bits per heavy atom. The molecule has 0 amide bonds. The summed E-state index contributed by atoms with van der Waals surface area (Å²) in [6, 6.07) is 11.1. The lowest BCUT2D eigenvalue weighted by atomic mass is 10.1. The molecule has 146 valence electrons. The molecule has 7 nitrogen and oxygen atoms in total. The minimum absolute atomic E-state index is 0.0629. The van der Waals surface area contributed by atoms with Gasteiger partial charge in [-0.25, -0.2) is 9.38 Å². The minimum atomic E-state index is -0.421. The average Bonchev–Trinajstić information content (AvgIpc) is 3.08. The molecule has 1 heterocycles. The summed E-state index contributed by atoms with van der Waals surface area (Å²) in [4.78, 5) is 18.0. The van der Waals surface area contributed by atoms with Gasteiger partial charge < -0.3 is 15.6 Å². The van der Waals surface area contributed by atoms with Crippen molar-refractivity contribution in [2.24, 2.45) is 4.99 Å². The van der Waals surface area contributed by atoms with E-state index in [1.165, 1.54) is 24.3 Å². The zero-order valence-corrected chi connectivity index (χ0v) is 15.5. The standard InChI is InChI=1S/C20H22FN5O2/c1-2-22-20(25-12-14-3-6-17(7-4-14)26(27)28)23-10-9-15-13-24-19-8-5-16(21)11-18(15)19/h3-8,11,13,24H,2,9-10,12H2,1H3,(H2,22,23,25). The third kappa shape index (κ3) is 4.85. The molecule has 0 radical (unpaired) electrons. The molecular weight excluding hydrogens is 361 g/mol. The lowest BCUT2D eigenvalue weighted by Crippen LogP contribution is -2.38. The van der Waals surface area contributed by atoms with Gasteiger partial charge in [0.1, 0.15) is 5.82 Å². The fourth-order valence-electron chi connectivity index (χ4n) is 2.91. The number of hydrogen-bond acceptors (Lipinski definition) is 3. The van der Waals surface area contributed by atoms with Crippen molar-refractivity contribution in [1.82, 2.24) is 15.6 Å². The first-order valence-corrected chi connectivity index (χ1v) is 9.08. The number of aliphatic imine (C=N–C) groups is 1. The maximum Gasteiger partial charge on any atom is 0.269 e. The lowest BCUT2D eigenvalue weighted by molar-refractivity contribution is -0.384. The van der Waals surface area contributed by atoms with Crippen molar-refractivity contribution in [3.05, 3.63) is 75.7 Å². The SMILES string of the molecule is CCNC(=NCc1ccc([N+](=O)[O-])cc1)NCCc1c[nH]c2ccc(F)cc12. The van der Waals surface area contributed by atoms with Gasteiger partial charge in [0.2, 0.25) is 0 Å². The van der Waals surface area contributed by atoms with E-state index in [-0.39, 0.29) is 11.5 Å². The first-order valence-electron chi connectivity index (χ1n) is 9.08. The summed E-state index contributed by atoms with van der Waals surface area (Å²) >= 11 is 0. The van der Waals surface area contributed by atoms with E-state index >= 15 is 0 Å². The van der Waals surface area contributed by atoms with Gasteiger partial charge in [-0.15, -0.1) is 0 Å². The Labute approximate surface area is 161 Å². The summed E-state index contributed by atoms with van der Waals surface area (Å²) in [5.74, 6) is 0.409. The predicted molar refractivity (Wildman–Crippen MR) is 108 cm³/mol. The van der Waals surface area contributed by atoms with E-state index in [1.807, 2.05) is 13.1 Å². The second-order valence-corrected chi connectivity index (χ2v) is 6.30. The molecule has 0 aliphatic heterocycles. The highest BCUT2D eigenvalue weighted by Crippen LogP contribution is 2.19. The smallest absolute Gasteiger partial charge is 0.269 e. The molecule has 0 saturated carbocycles. The maximum absolute atomic E-state index is 13.5. The van der Waals surface area contributed by atoms with Gasteiger partial charge in [0.05, 0.1) is 11.5 Å². The molecule has 3 N–H and O–H groups in total. The molecule has 0 aliphatic rings. The number of hydrogen-bond donors (Lipinski definition) is 3. The Balaban J connectivity index is 1.59. The second-order valence-electron chi connectivity index (χ2n) is 6.30. The van der Waals surface area contributed by atoms with Gasteiger partial charge >= 0.3 is 0 Å². The monoisotopic (exact) mass is 383 g/mol. The van der Waals surface area contributed by atoms with Crippen LogP contribution in [0.5, 0.6) is 0 Å². The molecule has 3 aromatic rings. The van der Waals surface area contributed by atoms with Crippen molar-refractivity contribution in [3.63, 3.8) is 0 Å². The number of H-pyrrole nitrogens is 1. The molecule has 0 unspecified atom stereocenters. The number of nitro benzene ring substituents is 1. The summed E-state index contributed by atoms with van der Waals surface area (Å²) in [6.07, 6.45) is 2.61. The number of halogens is 1. The number of aromatic amines is 1. The second kappa shape index (κ2) is 8.98. The third-order valence-electron chi connectivity index (χ3n) is 4.33. The summed E-state index contributed by atoms with van der Waals surface area (Å²) < 4.78 is 13.5. The van der Waals surface area contributed by atoms with Crippen molar-refractivity contribution in [2.45, 2.75) is 19.9 Å². The fraction of sp³-hybridized carbons (Fsp3) is 0.250. The van der Waals surface area contributed by atoms with Crippen LogP contribution in [0.1, 0.15) is 18.1 Å². The fourth-order valence-corrected chi connectivity index (χ4v) is 2.91. The number of nitrogens with zero attached hydrogens (tertiary/aromatic N) is 2. The Kier molecular flexibility index (Phi) is 6.21. The molecule has 8 heteroatoms. The number of nitrogens with one attached hydrogen (secondary N) is 3. The molecule has 0 aliphatic carbocycles. The highest BCUT2D eigenvalue weighted by molar-refractivity contribution is 5.83. The Bertz CT molecular complexity index is 982. The van der Waals surface area contributed by atoms with Gasteiger partial charge in [0, 0.05) is 42.3 Å². The summed E-state index contributed by atoms with van der Waals surface area (Å²) in [6.45, 7) is 3.73. The summed E-state index contributed by atoms with van der Waals surface area (Å²) in [5.41, 5.74) is 2.89. The van der Waals surface area contributed by atoms with Crippen LogP contribution in [0.3, 0.4) is 0 Å². The molecular formula is C20H22FN5O2. The number of rotatable bonds is 7. The van der Waals surface area contributed by atoms with Gasteiger partial charge in [-0.2, -0.15) is 0 Å². The van der Waals surface area contributed by atoms with Crippen molar-refractivity contribution in [1.29, 1.82) is 0 Å². The van der Waals surface area contributed by atoms with E-state index in [1.54, 1.807) is 18.2 Å². The normalized spacial score (nSPS) is 11.6.